The monoisotopic (exact) mass is 245 g/mol. The molecule has 0 aliphatic carbocycles. The van der Waals surface area contributed by atoms with Crippen LogP contribution in [0.25, 0.3) is 5.69 Å². The molecule has 0 bridgehead atoms. The Kier molecular flexibility index (Phi) is 2.67. The molecule has 1 aliphatic rings. The lowest BCUT2D eigenvalue weighted by Gasteiger charge is -2.16. The number of nitrogens with zero attached hydrogens (tertiary/aromatic N) is 2. The number of aryl methyl sites for hydroxylation is 2. The van der Waals surface area contributed by atoms with E-state index >= 15 is 0 Å². The van der Waals surface area contributed by atoms with Gasteiger partial charge < -0.3 is 9.88 Å². The highest BCUT2D eigenvalue weighted by atomic mass is 19.1. The smallest absolute Gasteiger partial charge is 0.126 e. The number of nitrogens with one attached hydrogen (secondary N) is 1. The van der Waals surface area contributed by atoms with Gasteiger partial charge in [-0.1, -0.05) is 0 Å². The summed E-state index contributed by atoms with van der Waals surface area (Å²) >= 11 is 0. The largest absolute Gasteiger partial charge is 0.311 e. The molecule has 2 aromatic rings. The van der Waals surface area contributed by atoms with E-state index in [1.807, 2.05) is 19.1 Å². The van der Waals surface area contributed by atoms with Crippen molar-refractivity contribution in [2.45, 2.75) is 26.8 Å². The molecule has 0 spiro atoms. The van der Waals surface area contributed by atoms with Crippen molar-refractivity contribution in [2.75, 3.05) is 6.54 Å². The lowest BCUT2D eigenvalue weighted by atomic mass is 10.1. The number of hydrogen-bond donors (Lipinski definition) is 1. The molecule has 3 rings (SSSR count). The van der Waals surface area contributed by atoms with E-state index in [0.29, 0.717) is 5.56 Å². The van der Waals surface area contributed by atoms with Crippen LogP contribution < -0.4 is 5.32 Å². The third-order valence-corrected chi connectivity index (χ3v) is 3.45. The van der Waals surface area contributed by atoms with Gasteiger partial charge in [-0.15, -0.1) is 0 Å². The van der Waals surface area contributed by atoms with Crippen LogP contribution in [-0.2, 0) is 13.0 Å². The molecule has 0 saturated carbocycles. The zero-order valence-electron chi connectivity index (χ0n) is 10.6. The first kappa shape index (κ1) is 11.4. The van der Waals surface area contributed by atoms with Gasteiger partial charge in [0.2, 0.25) is 0 Å². The fourth-order valence-electron chi connectivity index (χ4n) is 2.56. The number of hydrogen-bond acceptors (Lipinski definition) is 2. The maximum absolute atomic E-state index is 13.3. The molecule has 3 nitrogen and oxygen atoms in total. The third-order valence-electron chi connectivity index (χ3n) is 3.45. The molecule has 0 atom stereocenters. The number of aromatic nitrogens is 2. The summed E-state index contributed by atoms with van der Waals surface area (Å²) in [5.41, 5.74) is 4.03. The summed E-state index contributed by atoms with van der Waals surface area (Å²) in [6, 6.07) is 5.23. The molecule has 2 heterocycles. The van der Waals surface area contributed by atoms with Gasteiger partial charge in [0, 0.05) is 30.9 Å². The maximum Gasteiger partial charge on any atom is 0.126 e. The Labute approximate surface area is 106 Å². The van der Waals surface area contributed by atoms with Crippen LogP contribution in [0, 0.1) is 19.7 Å². The molecule has 1 N–H and O–H groups in total. The lowest BCUT2D eigenvalue weighted by molar-refractivity contribution is 0.614. The van der Waals surface area contributed by atoms with E-state index in [1.165, 1.54) is 11.8 Å². The molecule has 1 aromatic carbocycles. The second-order valence-corrected chi connectivity index (χ2v) is 4.75. The number of halogens is 1. The van der Waals surface area contributed by atoms with E-state index in [2.05, 4.69) is 14.9 Å². The predicted molar refractivity (Wildman–Crippen MR) is 68.4 cm³/mol. The first-order chi connectivity index (χ1) is 8.66. The summed E-state index contributed by atoms with van der Waals surface area (Å²) in [6.07, 6.45) is 0.965. The van der Waals surface area contributed by atoms with E-state index in [0.717, 1.165) is 36.7 Å². The highest BCUT2D eigenvalue weighted by Gasteiger charge is 2.18. The minimum absolute atomic E-state index is 0.160. The molecule has 18 heavy (non-hydrogen) atoms. The molecular weight excluding hydrogens is 229 g/mol. The van der Waals surface area contributed by atoms with E-state index < -0.39 is 0 Å². The molecule has 94 valence electrons. The Bertz CT molecular complexity index is 601. The standard InChI is InChI=1S/C14H16FN3/c1-9-7-11(3-4-12(9)15)18-10(2)17-13-8-16-6-5-14(13)18/h3-4,7,16H,5-6,8H2,1-2H3. The van der Waals surface area contributed by atoms with Crippen molar-refractivity contribution in [3.63, 3.8) is 0 Å². The fraction of sp³-hybridized carbons (Fsp3) is 0.357. The van der Waals surface area contributed by atoms with Crippen LogP contribution in [0.3, 0.4) is 0 Å². The van der Waals surface area contributed by atoms with Crippen LogP contribution in [0.15, 0.2) is 18.2 Å². The normalized spacial score (nSPS) is 14.6. The average Bonchev–Trinajstić information content (AvgIpc) is 2.69. The van der Waals surface area contributed by atoms with Crippen molar-refractivity contribution >= 4 is 0 Å². The average molecular weight is 245 g/mol. The zero-order chi connectivity index (χ0) is 12.7. The minimum Gasteiger partial charge on any atom is -0.311 e. The summed E-state index contributed by atoms with van der Waals surface area (Å²) in [5.74, 6) is 0.807. The Morgan fingerprint density at radius 1 is 1.33 bits per heavy atom. The van der Waals surface area contributed by atoms with Crippen LogP contribution in [0.1, 0.15) is 22.8 Å². The highest BCUT2D eigenvalue weighted by Crippen LogP contribution is 2.22. The van der Waals surface area contributed by atoms with Gasteiger partial charge in [0.25, 0.3) is 0 Å². The van der Waals surface area contributed by atoms with Gasteiger partial charge >= 0.3 is 0 Å². The van der Waals surface area contributed by atoms with Gasteiger partial charge in [-0.3, -0.25) is 0 Å². The van der Waals surface area contributed by atoms with Gasteiger partial charge in [-0.2, -0.15) is 0 Å². The van der Waals surface area contributed by atoms with Gasteiger partial charge in [0.05, 0.1) is 5.69 Å². The van der Waals surface area contributed by atoms with Crippen molar-refractivity contribution in [2.24, 2.45) is 0 Å². The van der Waals surface area contributed by atoms with Crippen molar-refractivity contribution in [3.05, 3.63) is 46.8 Å². The summed E-state index contributed by atoms with van der Waals surface area (Å²) in [6.45, 7) is 5.58. The summed E-state index contributed by atoms with van der Waals surface area (Å²) in [5, 5.41) is 3.32. The fourth-order valence-corrected chi connectivity index (χ4v) is 2.56. The zero-order valence-corrected chi connectivity index (χ0v) is 10.6. The second-order valence-electron chi connectivity index (χ2n) is 4.75. The Morgan fingerprint density at radius 3 is 2.94 bits per heavy atom. The summed E-state index contributed by atoms with van der Waals surface area (Å²) < 4.78 is 15.5. The maximum atomic E-state index is 13.3. The Hall–Kier alpha value is -1.68. The first-order valence-electron chi connectivity index (χ1n) is 6.21. The van der Waals surface area contributed by atoms with E-state index in [-0.39, 0.29) is 5.82 Å². The topological polar surface area (TPSA) is 29.9 Å². The van der Waals surface area contributed by atoms with Gasteiger partial charge in [-0.05, 0) is 37.6 Å². The quantitative estimate of drug-likeness (QED) is 0.835. The van der Waals surface area contributed by atoms with Crippen LogP contribution >= 0.6 is 0 Å². The molecule has 0 fully saturated rings. The predicted octanol–water partition coefficient (Wildman–Crippen LogP) is 2.27. The molecule has 0 radical (unpaired) electrons. The molecule has 0 saturated heterocycles. The number of imidazole rings is 1. The van der Waals surface area contributed by atoms with Gasteiger partial charge in [0.1, 0.15) is 11.6 Å². The number of rotatable bonds is 1. The lowest BCUT2D eigenvalue weighted by Crippen LogP contribution is -2.24. The number of benzene rings is 1. The van der Waals surface area contributed by atoms with E-state index in [4.69, 9.17) is 0 Å². The Morgan fingerprint density at radius 2 is 2.17 bits per heavy atom. The minimum atomic E-state index is -0.160. The molecule has 0 unspecified atom stereocenters. The second kappa shape index (κ2) is 4.21. The highest BCUT2D eigenvalue weighted by molar-refractivity contribution is 5.41. The summed E-state index contributed by atoms with van der Waals surface area (Å²) in [7, 11) is 0. The van der Waals surface area contributed by atoms with Crippen molar-refractivity contribution in [1.29, 1.82) is 0 Å². The van der Waals surface area contributed by atoms with Crippen molar-refractivity contribution in [1.82, 2.24) is 14.9 Å². The third kappa shape index (κ3) is 1.73. The van der Waals surface area contributed by atoms with Crippen molar-refractivity contribution < 1.29 is 4.39 Å². The van der Waals surface area contributed by atoms with E-state index in [9.17, 15) is 4.39 Å². The van der Waals surface area contributed by atoms with Crippen LogP contribution in [0.4, 0.5) is 4.39 Å². The molecule has 4 heteroatoms. The summed E-state index contributed by atoms with van der Waals surface area (Å²) in [4.78, 5) is 4.59. The molecule has 1 aromatic heterocycles. The van der Waals surface area contributed by atoms with Gasteiger partial charge in [0.15, 0.2) is 0 Å². The van der Waals surface area contributed by atoms with Crippen molar-refractivity contribution in [3.8, 4) is 5.69 Å². The molecular formula is C14H16FN3. The first-order valence-corrected chi connectivity index (χ1v) is 6.21. The van der Waals surface area contributed by atoms with Gasteiger partial charge in [-0.25, -0.2) is 9.37 Å². The van der Waals surface area contributed by atoms with Crippen LogP contribution in [-0.4, -0.2) is 16.1 Å². The number of fused-ring (bicyclic) bond motifs is 1. The SMILES string of the molecule is Cc1cc(-n2c(C)nc3c2CCNC3)ccc1F. The Balaban J connectivity index is 2.16. The molecule has 0 amide bonds. The van der Waals surface area contributed by atoms with E-state index in [1.54, 1.807) is 6.92 Å². The molecule has 1 aliphatic heterocycles. The van der Waals surface area contributed by atoms with Crippen LogP contribution in [0.2, 0.25) is 0 Å². The van der Waals surface area contributed by atoms with Crippen LogP contribution in [0.5, 0.6) is 0 Å².